The minimum atomic E-state index is -0.447. The number of epoxide rings is 1. The molecule has 5 atom stereocenters. The zero-order chi connectivity index (χ0) is 31.9. The molecule has 3 N–H and O–H groups in total. The highest BCUT2D eigenvalue weighted by Crippen LogP contribution is 2.61. The van der Waals surface area contributed by atoms with Gasteiger partial charge in [-0.25, -0.2) is 4.79 Å². The van der Waals surface area contributed by atoms with Gasteiger partial charge in [0.15, 0.2) is 9.65 Å². The molecule has 0 radical (unpaired) electrons. The number of aliphatic hydroxyl groups is 1. The van der Waals surface area contributed by atoms with Crippen LogP contribution in [0.15, 0.2) is 65.1 Å². The fourth-order valence-electron chi connectivity index (χ4n) is 6.93. The molecule has 3 aromatic rings. The number of likely N-dealkylation sites (N-methyl/N-ethyl adjacent to an activating group) is 1. The Hall–Kier alpha value is -2.71. The number of amides is 2. The molecular weight excluding hydrogens is 753 g/mol. The number of aryl methyl sites for hydroxylation is 1. The molecule has 3 aliphatic heterocycles. The fraction of sp³-hybridized carbons (Fsp3) is 0.412. The Bertz CT molecular complexity index is 1600. The van der Waals surface area contributed by atoms with Crippen molar-refractivity contribution in [3.8, 4) is 16.9 Å². The van der Waals surface area contributed by atoms with Crippen molar-refractivity contribution in [1.29, 1.82) is 0 Å². The number of carbonyl (C=O) groups excluding carboxylic acids is 2. The molecule has 6 rings (SSSR count). The molecule has 3 fully saturated rings. The van der Waals surface area contributed by atoms with Crippen LogP contribution in [-0.4, -0.2) is 70.7 Å². The molecule has 2 amide bonds. The van der Waals surface area contributed by atoms with E-state index in [1.54, 1.807) is 12.1 Å². The van der Waals surface area contributed by atoms with Crippen LogP contribution in [0.4, 0.5) is 16.2 Å². The number of carbonyl (C=O) groups is 2. The van der Waals surface area contributed by atoms with Crippen molar-refractivity contribution in [3.05, 3.63) is 76.3 Å². The number of anilines is 2. The molecule has 0 spiro atoms. The van der Waals surface area contributed by atoms with Gasteiger partial charge in [0.1, 0.15) is 24.0 Å². The molecule has 2 bridgehead atoms. The van der Waals surface area contributed by atoms with Gasteiger partial charge in [0, 0.05) is 34.5 Å². The lowest BCUT2D eigenvalue weighted by atomic mass is 9.96. The summed E-state index contributed by atoms with van der Waals surface area (Å²) in [6.07, 6.45) is 3.11. The second kappa shape index (κ2) is 12.8. The molecule has 238 valence electrons. The standard InChI is InChI=1S/C34H37BrIN3O6/c1-39(2)28-16-23(18-34(39,36)32-31(28)45-32)44-33(42)38-26-13-12-20(14-24(26)21-9-5-4-6-10-21)8-7-11-30(41)37-27-17-29(43-3)22(19-40)15-25(27)35/h4-6,9-10,12-15,17,23,28,31-32,40H,7-8,11,16,18-19H2,1-3H3,(H-,37,38,41,42)/p+1/t23-,28-,31-,32+,34-/m0/s1. The Balaban J connectivity index is 1.09. The number of hydrogen-bond acceptors (Lipinski definition) is 6. The van der Waals surface area contributed by atoms with Gasteiger partial charge in [-0.15, -0.1) is 0 Å². The average molecular weight is 792 g/mol. The fourth-order valence-corrected chi connectivity index (χ4v) is 8.77. The van der Waals surface area contributed by atoms with Crippen LogP contribution >= 0.6 is 38.5 Å². The smallest absolute Gasteiger partial charge is 0.411 e. The number of halogens is 2. The maximum absolute atomic E-state index is 13.2. The molecule has 0 unspecified atom stereocenters. The number of fused-ring (bicyclic) bond motifs is 5. The minimum absolute atomic E-state index is 0.0854. The number of aliphatic hydroxyl groups excluding tert-OH is 1. The van der Waals surface area contributed by atoms with Gasteiger partial charge in [0.2, 0.25) is 5.91 Å². The summed E-state index contributed by atoms with van der Waals surface area (Å²) in [5.74, 6) is 0.394. The molecule has 45 heavy (non-hydrogen) atoms. The lowest BCUT2D eigenvalue weighted by Gasteiger charge is -2.50. The molecule has 3 saturated heterocycles. The second-order valence-corrected chi connectivity index (χ2v) is 15.2. The summed E-state index contributed by atoms with van der Waals surface area (Å²) < 4.78 is 18.8. The van der Waals surface area contributed by atoms with E-state index >= 15 is 0 Å². The van der Waals surface area contributed by atoms with E-state index in [1.807, 2.05) is 42.5 Å². The summed E-state index contributed by atoms with van der Waals surface area (Å²) in [5, 5.41) is 15.5. The molecule has 3 aliphatic rings. The number of morpholine rings is 1. The summed E-state index contributed by atoms with van der Waals surface area (Å²) >= 11 is 5.99. The van der Waals surface area contributed by atoms with Crippen molar-refractivity contribution in [3.63, 3.8) is 0 Å². The Morgan fingerprint density at radius 2 is 1.89 bits per heavy atom. The number of rotatable bonds is 10. The van der Waals surface area contributed by atoms with E-state index < -0.39 is 6.09 Å². The minimum Gasteiger partial charge on any atom is -0.496 e. The highest BCUT2D eigenvalue weighted by Gasteiger charge is 2.78. The quantitative estimate of drug-likeness (QED) is 0.0699. The van der Waals surface area contributed by atoms with Crippen molar-refractivity contribution in [2.24, 2.45) is 0 Å². The molecule has 3 aromatic carbocycles. The number of ether oxygens (including phenoxy) is 3. The van der Waals surface area contributed by atoms with Crippen molar-refractivity contribution in [1.82, 2.24) is 0 Å². The van der Waals surface area contributed by atoms with Crippen molar-refractivity contribution in [2.75, 3.05) is 31.8 Å². The van der Waals surface area contributed by atoms with Gasteiger partial charge in [-0.2, -0.15) is 0 Å². The average Bonchev–Trinajstić information content (AvgIpc) is 3.81. The molecular formula is C34H38BrIN3O6+. The molecule has 3 heterocycles. The second-order valence-electron chi connectivity index (χ2n) is 12.5. The number of hydrogen-bond donors (Lipinski definition) is 3. The first kappa shape index (κ1) is 32.2. The monoisotopic (exact) mass is 790 g/mol. The Morgan fingerprint density at radius 3 is 2.60 bits per heavy atom. The van der Waals surface area contributed by atoms with Crippen molar-refractivity contribution in [2.45, 2.75) is 66.6 Å². The van der Waals surface area contributed by atoms with E-state index in [1.165, 1.54) is 7.11 Å². The molecule has 11 heteroatoms. The summed E-state index contributed by atoms with van der Waals surface area (Å²) in [5.41, 5.74) is 4.85. The normalized spacial score (nSPS) is 25.6. The van der Waals surface area contributed by atoms with E-state index in [2.05, 4.69) is 69.3 Å². The highest BCUT2D eigenvalue weighted by molar-refractivity contribution is 14.1. The lowest BCUT2D eigenvalue weighted by Crippen LogP contribution is -2.65. The van der Waals surface area contributed by atoms with Crippen LogP contribution in [0.1, 0.15) is 36.8 Å². The molecule has 9 nitrogen and oxygen atoms in total. The van der Waals surface area contributed by atoms with Crippen LogP contribution in [0, 0.1) is 0 Å². The largest absolute Gasteiger partial charge is 0.496 e. The van der Waals surface area contributed by atoms with Crippen LogP contribution in [0.3, 0.4) is 0 Å². The zero-order valence-corrected chi connectivity index (χ0v) is 29.3. The van der Waals surface area contributed by atoms with Gasteiger partial charge in [0.25, 0.3) is 0 Å². The van der Waals surface area contributed by atoms with E-state index in [0.717, 1.165) is 34.0 Å². The van der Waals surface area contributed by atoms with Gasteiger partial charge < -0.3 is 29.1 Å². The van der Waals surface area contributed by atoms with Gasteiger partial charge in [-0.1, -0.05) is 36.4 Å². The Labute approximate surface area is 285 Å². The topological polar surface area (TPSA) is 109 Å². The first-order chi connectivity index (χ1) is 21.5. The maximum atomic E-state index is 13.2. The third-order valence-corrected chi connectivity index (χ3v) is 12.5. The number of nitrogens with one attached hydrogen (secondary N) is 2. The van der Waals surface area contributed by atoms with E-state index in [4.69, 9.17) is 14.2 Å². The number of benzene rings is 3. The zero-order valence-electron chi connectivity index (χ0n) is 25.5. The van der Waals surface area contributed by atoms with Crippen molar-refractivity contribution >= 4 is 61.9 Å². The first-order valence-corrected chi connectivity index (χ1v) is 17.0. The Morgan fingerprint density at radius 1 is 1.11 bits per heavy atom. The summed E-state index contributed by atoms with van der Waals surface area (Å²) in [7, 11) is 6.05. The summed E-state index contributed by atoms with van der Waals surface area (Å²) in [6.45, 7) is -0.162. The maximum Gasteiger partial charge on any atom is 0.411 e. The van der Waals surface area contributed by atoms with E-state index in [9.17, 15) is 14.7 Å². The Kier molecular flexibility index (Phi) is 9.19. The number of quaternary nitrogens is 1. The lowest BCUT2D eigenvalue weighted by molar-refractivity contribution is -0.943. The number of methoxy groups -OCH3 is 1. The summed E-state index contributed by atoms with van der Waals surface area (Å²) in [4.78, 5) is 26.0. The van der Waals surface area contributed by atoms with Gasteiger partial charge in [-0.05, 0) is 80.7 Å². The predicted molar refractivity (Wildman–Crippen MR) is 184 cm³/mol. The van der Waals surface area contributed by atoms with Crippen LogP contribution in [0.5, 0.6) is 5.75 Å². The number of piperidine rings is 1. The van der Waals surface area contributed by atoms with Gasteiger partial charge in [-0.3, -0.25) is 10.1 Å². The third kappa shape index (κ3) is 6.34. The van der Waals surface area contributed by atoms with Gasteiger partial charge >= 0.3 is 6.09 Å². The summed E-state index contributed by atoms with van der Waals surface area (Å²) in [6, 6.07) is 19.7. The van der Waals surface area contributed by atoms with Crippen LogP contribution in [0.2, 0.25) is 0 Å². The van der Waals surface area contributed by atoms with E-state index in [0.29, 0.717) is 52.5 Å². The van der Waals surface area contributed by atoms with Crippen LogP contribution in [0.25, 0.3) is 11.1 Å². The number of nitrogens with zero attached hydrogens (tertiary/aromatic N) is 1. The number of alkyl halides is 1. The van der Waals surface area contributed by atoms with Gasteiger partial charge in [0.05, 0.1) is 45.6 Å². The highest BCUT2D eigenvalue weighted by atomic mass is 127. The first-order valence-electron chi connectivity index (χ1n) is 15.1. The molecule has 0 aliphatic carbocycles. The van der Waals surface area contributed by atoms with E-state index in [-0.39, 0.29) is 34.4 Å². The molecule has 0 saturated carbocycles. The van der Waals surface area contributed by atoms with Crippen molar-refractivity contribution < 1.29 is 33.4 Å². The third-order valence-electron chi connectivity index (χ3n) is 9.51. The van der Waals surface area contributed by atoms with Crippen LogP contribution in [-0.2, 0) is 27.3 Å². The molecule has 0 aromatic heterocycles. The predicted octanol–water partition coefficient (Wildman–Crippen LogP) is 6.65. The SMILES string of the molecule is COc1cc(NC(=O)CCCc2ccc(NC(=O)O[C@H]3C[C@H]4[C@@H]5O[C@H]5[C@](I)(C3)[N+]4(C)C)c(-c3ccccc3)c2)c(Br)cc1CO. The van der Waals surface area contributed by atoms with Crippen LogP contribution < -0.4 is 15.4 Å².